The molecule has 2 nitrogen and oxygen atoms in total. The van der Waals surface area contributed by atoms with Crippen molar-refractivity contribution in [3.05, 3.63) is 70.8 Å². The van der Waals surface area contributed by atoms with Crippen molar-refractivity contribution in [3.63, 3.8) is 0 Å². The van der Waals surface area contributed by atoms with E-state index in [9.17, 15) is 0 Å². The summed E-state index contributed by atoms with van der Waals surface area (Å²) >= 11 is 5.42. The van der Waals surface area contributed by atoms with Crippen LogP contribution in [0.1, 0.15) is 61.4 Å². The van der Waals surface area contributed by atoms with Gasteiger partial charge in [-0.3, -0.25) is 0 Å². The van der Waals surface area contributed by atoms with Crippen LogP contribution in [0.3, 0.4) is 0 Å². The Kier molecular flexibility index (Phi) is 6.80. The largest absolute Gasteiger partial charge is 0.359 e. The molecule has 24 heavy (non-hydrogen) atoms. The standard InChI is InChI=1S/C21H28N2S/c1-5-16(3)19-10-12-20(13-11-19)17(4)23-21(24)22-14-18-8-6-15(2)7-9-18/h6-13,16-17H,5,14H2,1-4H3,(H2,22,23,24). The first kappa shape index (κ1) is 18.5. The second-order valence-electron chi connectivity index (χ2n) is 6.51. The van der Waals surface area contributed by atoms with E-state index in [-0.39, 0.29) is 6.04 Å². The van der Waals surface area contributed by atoms with Crippen molar-refractivity contribution in [3.8, 4) is 0 Å². The molecule has 2 aromatic carbocycles. The van der Waals surface area contributed by atoms with Gasteiger partial charge < -0.3 is 10.6 Å². The molecule has 0 saturated carbocycles. The zero-order valence-corrected chi connectivity index (χ0v) is 15.9. The van der Waals surface area contributed by atoms with Crippen molar-refractivity contribution in [2.45, 2.75) is 52.6 Å². The van der Waals surface area contributed by atoms with Gasteiger partial charge in [-0.15, -0.1) is 0 Å². The predicted molar refractivity (Wildman–Crippen MR) is 107 cm³/mol. The van der Waals surface area contributed by atoms with Crippen molar-refractivity contribution in [1.29, 1.82) is 0 Å². The van der Waals surface area contributed by atoms with Crippen LogP contribution in [-0.2, 0) is 6.54 Å². The van der Waals surface area contributed by atoms with Gasteiger partial charge in [-0.1, -0.05) is 67.9 Å². The van der Waals surface area contributed by atoms with Crippen molar-refractivity contribution in [2.24, 2.45) is 0 Å². The third-order valence-electron chi connectivity index (χ3n) is 4.54. The summed E-state index contributed by atoms with van der Waals surface area (Å²) in [6.07, 6.45) is 1.17. The van der Waals surface area contributed by atoms with Crippen LogP contribution in [0.25, 0.3) is 0 Å². The second kappa shape index (κ2) is 8.84. The first-order valence-corrected chi connectivity index (χ1v) is 9.10. The number of hydrogen-bond donors (Lipinski definition) is 2. The van der Waals surface area contributed by atoms with E-state index in [1.807, 2.05) is 0 Å². The van der Waals surface area contributed by atoms with Crippen LogP contribution in [0, 0.1) is 6.92 Å². The van der Waals surface area contributed by atoms with Gasteiger partial charge in [0.2, 0.25) is 0 Å². The summed E-state index contributed by atoms with van der Waals surface area (Å²) in [4.78, 5) is 0. The van der Waals surface area contributed by atoms with Crippen LogP contribution < -0.4 is 10.6 Å². The van der Waals surface area contributed by atoms with E-state index in [1.165, 1.54) is 28.7 Å². The average Bonchev–Trinajstić information content (AvgIpc) is 2.60. The quantitative estimate of drug-likeness (QED) is 0.704. The first-order chi connectivity index (χ1) is 11.5. The molecule has 0 aliphatic heterocycles. The third-order valence-corrected chi connectivity index (χ3v) is 4.80. The third kappa shape index (κ3) is 5.34. The highest BCUT2D eigenvalue weighted by Gasteiger charge is 2.08. The topological polar surface area (TPSA) is 24.1 Å². The van der Waals surface area contributed by atoms with E-state index in [2.05, 4.69) is 86.9 Å². The number of nitrogens with one attached hydrogen (secondary N) is 2. The highest BCUT2D eigenvalue weighted by Crippen LogP contribution is 2.21. The molecule has 2 atom stereocenters. The Hall–Kier alpha value is -1.87. The van der Waals surface area contributed by atoms with Gasteiger partial charge in [-0.25, -0.2) is 0 Å². The van der Waals surface area contributed by atoms with Gasteiger partial charge >= 0.3 is 0 Å². The minimum absolute atomic E-state index is 0.189. The number of benzene rings is 2. The zero-order chi connectivity index (χ0) is 17.5. The molecule has 0 heterocycles. The van der Waals surface area contributed by atoms with Crippen LogP contribution in [-0.4, -0.2) is 5.11 Å². The molecule has 0 aromatic heterocycles. The number of hydrogen-bond acceptors (Lipinski definition) is 1. The molecule has 128 valence electrons. The lowest BCUT2D eigenvalue weighted by Gasteiger charge is -2.18. The van der Waals surface area contributed by atoms with Gasteiger partial charge in [0.05, 0.1) is 6.04 Å². The van der Waals surface area contributed by atoms with Crippen LogP contribution in [0.15, 0.2) is 48.5 Å². The summed E-state index contributed by atoms with van der Waals surface area (Å²) < 4.78 is 0. The molecule has 3 heteroatoms. The van der Waals surface area contributed by atoms with Crippen LogP contribution in [0.5, 0.6) is 0 Å². The molecular formula is C21H28N2S. The Morgan fingerprint density at radius 3 is 2.12 bits per heavy atom. The van der Waals surface area contributed by atoms with E-state index < -0.39 is 0 Å². The maximum Gasteiger partial charge on any atom is 0.167 e. The molecule has 2 unspecified atom stereocenters. The van der Waals surface area contributed by atoms with E-state index >= 15 is 0 Å². The van der Waals surface area contributed by atoms with Crippen LogP contribution in [0.2, 0.25) is 0 Å². The normalized spacial score (nSPS) is 13.2. The van der Waals surface area contributed by atoms with Gasteiger partial charge in [0.25, 0.3) is 0 Å². The maximum atomic E-state index is 5.42. The molecule has 2 rings (SSSR count). The Bertz CT molecular complexity index is 647. The Labute approximate surface area is 151 Å². The Balaban J connectivity index is 1.85. The fourth-order valence-corrected chi connectivity index (χ4v) is 2.82. The summed E-state index contributed by atoms with van der Waals surface area (Å²) in [5.41, 5.74) is 5.15. The molecular weight excluding hydrogens is 312 g/mol. The molecule has 2 N–H and O–H groups in total. The highest BCUT2D eigenvalue weighted by molar-refractivity contribution is 7.80. The molecule has 0 radical (unpaired) electrons. The van der Waals surface area contributed by atoms with Gasteiger partial charge in [-0.05, 0) is 55.1 Å². The van der Waals surface area contributed by atoms with Crippen molar-refractivity contribution in [1.82, 2.24) is 10.6 Å². The zero-order valence-electron chi connectivity index (χ0n) is 15.1. The number of rotatable bonds is 6. The second-order valence-corrected chi connectivity index (χ2v) is 6.92. The minimum atomic E-state index is 0.189. The van der Waals surface area contributed by atoms with E-state index in [0.717, 1.165) is 6.54 Å². The number of thiocarbonyl (C=S) groups is 1. The summed E-state index contributed by atoms with van der Waals surface area (Å²) in [7, 11) is 0. The lowest BCUT2D eigenvalue weighted by atomic mass is 9.96. The molecule has 0 saturated heterocycles. The van der Waals surface area contributed by atoms with Gasteiger partial charge in [0.1, 0.15) is 0 Å². The number of aryl methyl sites for hydroxylation is 1. The van der Waals surface area contributed by atoms with Crippen molar-refractivity contribution in [2.75, 3.05) is 0 Å². The molecule has 0 aliphatic rings. The molecule has 0 aliphatic carbocycles. The predicted octanol–water partition coefficient (Wildman–Crippen LogP) is 5.23. The van der Waals surface area contributed by atoms with Crippen molar-refractivity contribution >= 4 is 17.3 Å². The SMILES string of the molecule is CCC(C)c1ccc(C(C)NC(=S)NCc2ccc(C)cc2)cc1. The monoisotopic (exact) mass is 340 g/mol. The maximum absolute atomic E-state index is 5.42. The van der Waals surface area contributed by atoms with Gasteiger partial charge in [0.15, 0.2) is 5.11 Å². The van der Waals surface area contributed by atoms with E-state index in [1.54, 1.807) is 0 Å². The average molecular weight is 341 g/mol. The first-order valence-electron chi connectivity index (χ1n) is 8.69. The fraction of sp³-hybridized carbons (Fsp3) is 0.381. The molecule has 0 bridgehead atoms. The fourth-order valence-electron chi connectivity index (χ4n) is 2.57. The smallest absolute Gasteiger partial charge is 0.167 e. The van der Waals surface area contributed by atoms with Crippen LogP contribution in [0.4, 0.5) is 0 Å². The van der Waals surface area contributed by atoms with Gasteiger partial charge in [0, 0.05) is 6.54 Å². The Morgan fingerprint density at radius 1 is 0.958 bits per heavy atom. The van der Waals surface area contributed by atoms with Gasteiger partial charge in [-0.2, -0.15) is 0 Å². The lowest BCUT2D eigenvalue weighted by Crippen LogP contribution is -2.36. The summed E-state index contributed by atoms with van der Waals surface area (Å²) in [5.74, 6) is 0.611. The molecule has 2 aromatic rings. The van der Waals surface area contributed by atoms with Crippen molar-refractivity contribution < 1.29 is 0 Å². The molecule has 0 fully saturated rings. The molecule has 0 amide bonds. The highest BCUT2D eigenvalue weighted by atomic mass is 32.1. The summed E-state index contributed by atoms with van der Waals surface area (Å²) in [5, 5.41) is 7.33. The van der Waals surface area contributed by atoms with Crippen LogP contribution >= 0.6 is 12.2 Å². The summed E-state index contributed by atoms with van der Waals surface area (Å²) in [6, 6.07) is 17.5. The van der Waals surface area contributed by atoms with E-state index in [4.69, 9.17) is 12.2 Å². The minimum Gasteiger partial charge on any atom is -0.359 e. The lowest BCUT2D eigenvalue weighted by molar-refractivity contribution is 0.693. The summed E-state index contributed by atoms with van der Waals surface area (Å²) in [6.45, 7) is 9.46. The van der Waals surface area contributed by atoms with E-state index in [0.29, 0.717) is 11.0 Å². The molecule has 0 spiro atoms. The Morgan fingerprint density at radius 2 is 1.54 bits per heavy atom.